The molecule has 0 aliphatic carbocycles. The second kappa shape index (κ2) is 2.92. The zero-order valence-corrected chi connectivity index (χ0v) is 7.45. The molecule has 5 nitrogen and oxygen atoms in total. The predicted octanol–water partition coefficient (Wildman–Crippen LogP) is 0.978. The van der Waals surface area contributed by atoms with E-state index < -0.39 is 12.0 Å². The van der Waals surface area contributed by atoms with Crippen molar-refractivity contribution in [2.45, 2.75) is 12.5 Å². The van der Waals surface area contributed by atoms with E-state index in [4.69, 9.17) is 16.7 Å². The van der Waals surface area contributed by atoms with E-state index in [0.29, 0.717) is 24.1 Å². The molecule has 0 aromatic carbocycles. The number of halogens is 1. The molecule has 0 saturated heterocycles. The number of carbonyl (C=O) groups is 1. The van der Waals surface area contributed by atoms with Crippen molar-refractivity contribution in [3.05, 3.63) is 11.3 Å². The van der Waals surface area contributed by atoms with Crippen molar-refractivity contribution in [1.82, 2.24) is 9.55 Å². The number of carboxylic acids is 1. The number of aromatic nitrogens is 2. The maximum Gasteiger partial charge on any atom is 0.326 e. The van der Waals surface area contributed by atoms with Gasteiger partial charge in [-0.1, -0.05) is 11.6 Å². The van der Waals surface area contributed by atoms with E-state index in [-0.39, 0.29) is 0 Å². The van der Waals surface area contributed by atoms with Crippen molar-refractivity contribution >= 4 is 23.5 Å². The van der Waals surface area contributed by atoms with Crippen molar-refractivity contribution < 1.29 is 9.90 Å². The van der Waals surface area contributed by atoms with Gasteiger partial charge in [0, 0.05) is 6.54 Å². The van der Waals surface area contributed by atoms with Crippen LogP contribution in [0.3, 0.4) is 0 Å². The summed E-state index contributed by atoms with van der Waals surface area (Å²) in [6, 6.07) is -0.591. The molecular weight excluding hydrogens is 194 g/mol. The second-order valence-electron chi connectivity index (χ2n) is 2.84. The van der Waals surface area contributed by atoms with E-state index in [0.717, 1.165) is 0 Å². The van der Waals surface area contributed by atoms with Crippen LogP contribution >= 0.6 is 11.6 Å². The lowest BCUT2D eigenvalue weighted by Crippen LogP contribution is -2.28. The number of rotatable bonds is 1. The van der Waals surface area contributed by atoms with Crippen LogP contribution in [0.15, 0.2) is 6.20 Å². The summed E-state index contributed by atoms with van der Waals surface area (Å²) in [6.45, 7) is 0.615. The van der Waals surface area contributed by atoms with Gasteiger partial charge in [-0.2, -0.15) is 0 Å². The molecule has 1 unspecified atom stereocenters. The smallest absolute Gasteiger partial charge is 0.326 e. The zero-order valence-electron chi connectivity index (χ0n) is 6.70. The Morgan fingerprint density at radius 2 is 2.62 bits per heavy atom. The van der Waals surface area contributed by atoms with Gasteiger partial charge in [0.05, 0.1) is 6.20 Å². The molecule has 1 aromatic heterocycles. The molecule has 0 spiro atoms. The molecule has 0 bridgehead atoms. The SMILES string of the molecule is O=C(O)C1CCNc2ncc(Cl)n21. The molecule has 1 aliphatic heterocycles. The number of hydrogen-bond acceptors (Lipinski definition) is 3. The highest BCUT2D eigenvalue weighted by atomic mass is 35.5. The molecular formula is C7H8ClN3O2. The highest BCUT2D eigenvalue weighted by Crippen LogP contribution is 2.27. The van der Waals surface area contributed by atoms with Crippen LogP contribution in [-0.4, -0.2) is 27.2 Å². The minimum absolute atomic E-state index is 0.356. The first-order valence-electron chi connectivity index (χ1n) is 3.89. The number of nitrogens with one attached hydrogen (secondary N) is 1. The summed E-state index contributed by atoms with van der Waals surface area (Å²) >= 11 is 5.79. The van der Waals surface area contributed by atoms with Gasteiger partial charge in [-0.3, -0.25) is 4.57 Å². The summed E-state index contributed by atoms with van der Waals surface area (Å²) in [5.41, 5.74) is 0. The Labute approximate surface area is 79.3 Å². The maximum absolute atomic E-state index is 10.8. The van der Waals surface area contributed by atoms with Gasteiger partial charge in [-0.15, -0.1) is 0 Å². The van der Waals surface area contributed by atoms with Crippen LogP contribution in [0, 0.1) is 0 Å². The van der Waals surface area contributed by atoms with Gasteiger partial charge in [-0.25, -0.2) is 9.78 Å². The Morgan fingerprint density at radius 1 is 1.85 bits per heavy atom. The van der Waals surface area contributed by atoms with Crippen LogP contribution in [0.1, 0.15) is 12.5 Å². The van der Waals surface area contributed by atoms with Crippen LogP contribution in [0.2, 0.25) is 5.15 Å². The van der Waals surface area contributed by atoms with Crippen molar-refractivity contribution in [2.75, 3.05) is 11.9 Å². The van der Waals surface area contributed by atoms with E-state index in [9.17, 15) is 4.79 Å². The summed E-state index contributed by atoms with van der Waals surface area (Å²) in [7, 11) is 0. The van der Waals surface area contributed by atoms with Gasteiger partial charge in [0.1, 0.15) is 11.2 Å². The highest BCUT2D eigenvalue weighted by molar-refractivity contribution is 6.29. The molecule has 13 heavy (non-hydrogen) atoms. The second-order valence-corrected chi connectivity index (χ2v) is 3.23. The first-order valence-corrected chi connectivity index (χ1v) is 4.27. The normalized spacial score (nSPS) is 20.5. The fourth-order valence-electron chi connectivity index (χ4n) is 1.45. The van der Waals surface area contributed by atoms with E-state index >= 15 is 0 Å². The number of aliphatic carboxylic acids is 1. The number of hydrogen-bond donors (Lipinski definition) is 2. The maximum atomic E-state index is 10.8. The number of carboxylic acid groups (broad SMARTS) is 1. The largest absolute Gasteiger partial charge is 0.480 e. The van der Waals surface area contributed by atoms with Crippen molar-refractivity contribution in [3.8, 4) is 0 Å². The van der Waals surface area contributed by atoms with Gasteiger partial charge in [0.2, 0.25) is 5.95 Å². The number of anilines is 1. The molecule has 0 fully saturated rings. The molecule has 1 atom stereocenters. The molecule has 1 aromatic rings. The molecule has 2 N–H and O–H groups in total. The first-order chi connectivity index (χ1) is 6.20. The van der Waals surface area contributed by atoms with Crippen molar-refractivity contribution in [3.63, 3.8) is 0 Å². The third-order valence-corrected chi connectivity index (χ3v) is 2.33. The topological polar surface area (TPSA) is 67.2 Å². The lowest BCUT2D eigenvalue weighted by molar-refractivity contribution is -0.141. The molecule has 0 saturated carbocycles. The van der Waals surface area contributed by atoms with Gasteiger partial charge in [-0.05, 0) is 6.42 Å². The summed E-state index contributed by atoms with van der Waals surface area (Å²) in [4.78, 5) is 14.8. The van der Waals surface area contributed by atoms with E-state index in [1.165, 1.54) is 10.8 Å². The number of fused-ring (bicyclic) bond motifs is 1. The Kier molecular flexibility index (Phi) is 1.88. The van der Waals surface area contributed by atoms with E-state index in [1.54, 1.807) is 0 Å². The highest BCUT2D eigenvalue weighted by Gasteiger charge is 2.27. The fraction of sp³-hybridized carbons (Fsp3) is 0.429. The average Bonchev–Trinajstić information content (AvgIpc) is 2.48. The van der Waals surface area contributed by atoms with Crippen molar-refractivity contribution in [2.24, 2.45) is 0 Å². The van der Waals surface area contributed by atoms with Crippen molar-refractivity contribution in [1.29, 1.82) is 0 Å². The fourth-order valence-corrected chi connectivity index (χ4v) is 1.70. The molecule has 70 valence electrons. The van der Waals surface area contributed by atoms with Gasteiger partial charge < -0.3 is 10.4 Å². The van der Waals surface area contributed by atoms with E-state index in [2.05, 4.69) is 10.3 Å². The molecule has 6 heteroatoms. The minimum Gasteiger partial charge on any atom is -0.480 e. The number of imidazole rings is 1. The quantitative estimate of drug-likeness (QED) is 0.711. The molecule has 0 amide bonds. The first kappa shape index (κ1) is 8.37. The lowest BCUT2D eigenvalue weighted by Gasteiger charge is -2.23. The Balaban J connectivity index is 2.46. The lowest BCUT2D eigenvalue weighted by atomic mass is 10.2. The summed E-state index contributed by atoms with van der Waals surface area (Å²) < 4.78 is 1.49. The van der Waals surface area contributed by atoms with Crippen LogP contribution in [0.5, 0.6) is 0 Å². The third-order valence-electron chi connectivity index (χ3n) is 2.05. The number of nitrogens with zero attached hydrogens (tertiary/aromatic N) is 2. The Morgan fingerprint density at radius 3 is 3.31 bits per heavy atom. The van der Waals surface area contributed by atoms with E-state index in [1.807, 2.05) is 0 Å². The zero-order chi connectivity index (χ0) is 9.42. The van der Waals surface area contributed by atoms with Crippen LogP contribution < -0.4 is 5.32 Å². The predicted molar refractivity (Wildman–Crippen MR) is 47.0 cm³/mol. The summed E-state index contributed by atoms with van der Waals surface area (Å²) in [5, 5.41) is 12.2. The molecule has 0 radical (unpaired) electrons. The Bertz CT molecular complexity index is 350. The molecule has 2 heterocycles. The van der Waals surface area contributed by atoms with Crippen LogP contribution in [0.4, 0.5) is 5.95 Å². The summed E-state index contributed by atoms with van der Waals surface area (Å²) in [5.74, 6) is -0.341. The standard InChI is InChI=1S/C7H8ClN3O2/c8-5-3-10-7-9-2-1-4(6(12)13)11(5)7/h3-4H,1-2H2,(H,9,10)(H,12,13). The van der Waals surface area contributed by atoms with Gasteiger partial charge >= 0.3 is 5.97 Å². The van der Waals surface area contributed by atoms with Crippen LogP contribution in [0.25, 0.3) is 0 Å². The monoisotopic (exact) mass is 201 g/mol. The van der Waals surface area contributed by atoms with Gasteiger partial charge in [0.15, 0.2) is 0 Å². The average molecular weight is 202 g/mol. The summed E-state index contributed by atoms with van der Waals surface area (Å²) in [6.07, 6.45) is 1.98. The third kappa shape index (κ3) is 1.25. The molecule has 1 aliphatic rings. The van der Waals surface area contributed by atoms with Crippen LogP contribution in [-0.2, 0) is 4.79 Å². The Hall–Kier alpha value is -1.23. The minimum atomic E-state index is -0.873. The molecule has 2 rings (SSSR count). The van der Waals surface area contributed by atoms with Gasteiger partial charge in [0.25, 0.3) is 0 Å².